The molecule has 0 fully saturated rings. The van der Waals surface area contributed by atoms with Gasteiger partial charge >= 0.3 is 0 Å². The van der Waals surface area contributed by atoms with Crippen molar-refractivity contribution in [3.8, 4) is 5.82 Å². The molecule has 7 heteroatoms. The molecule has 2 aromatic heterocycles. The van der Waals surface area contributed by atoms with Crippen LogP contribution in [0.15, 0.2) is 17.2 Å². The van der Waals surface area contributed by atoms with Crippen LogP contribution in [0.25, 0.3) is 5.82 Å². The smallest absolute Gasteiger partial charge is 0.253 e. The summed E-state index contributed by atoms with van der Waals surface area (Å²) in [6.07, 6.45) is 2.14. The van der Waals surface area contributed by atoms with Crippen molar-refractivity contribution in [1.29, 1.82) is 0 Å². The van der Waals surface area contributed by atoms with E-state index in [1.165, 1.54) is 17.1 Å². The minimum Gasteiger partial charge on any atom is -0.324 e. The predicted octanol–water partition coefficient (Wildman–Crippen LogP) is -0.628. The first-order chi connectivity index (χ1) is 7.72. The van der Waals surface area contributed by atoms with Gasteiger partial charge in [-0.15, -0.1) is 5.10 Å². The molecule has 0 amide bonds. The second kappa shape index (κ2) is 4.23. The fourth-order valence-electron chi connectivity index (χ4n) is 1.28. The molecular weight excluding hydrogens is 208 g/mol. The number of hydrogen-bond donors (Lipinski definition) is 2. The molecule has 0 aliphatic heterocycles. The molecule has 0 unspecified atom stereocenters. The highest BCUT2D eigenvalue weighted by Crippen LogP contribution is 2.00. The van der Waals surface area contributed by atoms with Gasteiger partial charge < -0.3 is 10.7 Å². The number of rotatable bonds is 3. The molecule has 0 aliphatic carbocycles. The van der Waals surface area contributed by atoms with Crippen molar-refractivity contribution in [2.24, 2.45) is 5.73 Å². The van der Waals surface area contributed by atoms with E-state index in [0.29, 0.717) is 23.9 Å². The first kappa shape index (κ1) is 10.5. The Labute approximate surface area is 91.4 Å². The lowest BCUT2D eigenvalue weighted by atomic mass is 10.4. The van der Waals surface area contributed by atoms with Gasteiger partial charge in [0.1, 0.15) is 12.2 Å². The third-order valence-electron chi connectivity index (χ3n) is 2.07. The third-order valence-corrected chi connectivity index (χ3v) is 2.07. The first-order valence-corrected chi connectivity index (χ1v) is 4.94. The van der Waals surface area contributed by atoms with Gasteiger partial charge in [0.2, 0.25) is 0 Å². The average molecular weight is 220 g/mol. The summed E-state index contributed by atoms with van der Waals surface area (Å²) in [6, 6.07) is 1.37. The molecule has 0 saturated carbocycles. The summed E-state index contributed by atoms with van der Waals surface area (Å²) in [5.41, 5.74) is 5.20. The molecule has 7 nitrogen and oxygen atoms in total. The summed E-state index contributed by atoms with van der Waals surface area (Å²) in [5, 5.41) is 4.08. The van der Waals surface area contributed by atoms with Crippen LogP contribution in [-0.2, 0) is 13.0 Å². The first-order valence-electron chi connectivity index (χ1n) is 4.94. The maximum absolute atomic E-state index is 11.3. The summed E-state index contributed by atoms with van der Waals surface area (Å²) in [5.74, 6) is 1.58. The molecule has 0 radical (unpaired) electrons. The minimum atomic E-state index is -0.202. The second-order valence-electron chi connectivity index (χ2n) is 3.21. The van der Waals surface area contributed by atoms with Crippen LogP contribution in [-0.4, -0.2) is 24.7 Å². The Morgan fingerprint density at radius 3 is 3.00 bits per heavy atom. The van der Waals surface area contributed by atoms with E-state index in [2.05, 4.69) is 20.1 Å². The Kier molecular flexibility index (Phi) is 2.78. The van der Waals surface area contributed by atoms with E-state index in [4.69, 9.17) is 5.73 Å². The van der Waals surface area contributed by atoms with Crippen LogP contribution in [0.4, 0.5) is 0 Å². The maximum atomic E-state index is 11.3. The zero-order valence-electron chi connectivity index (χ0n) is 8.84. The monoisotopic (exact) mass is 220 g/mol. The van der Waals surface area contributed by atoms with Gasteiger partial charge in [0.25, 0.3) is 5.56 Å². The highest BCUT2D eigenvalue weighted by atomic mass is 16.1. The van der Waals surface area contributed by atoms with Crippen molar-refractivity contribution in [1.82, 2.24) is 24.7 Å². The standard InChI is InChI=1S/C9H12N6O/c1-2-6-12-8(3-9(16)13-6)15-5-11-7(4-10)14-15/h3,5H,2,4,10H2,1H3,(H,12,13,16). The van der Waals surface area contributed by atoms with Gasteiger partial charge in [0.05, 0.1) is 6.54 Å². The molecule has 0 aliphatic rings. The summed E-state index contributed by atoms with van der Waals surface area (Å²) in [6.45, 7) is 2.17. The molecule has 16 heavy (non-hydrogen) atoms. The zero-order chi connectivity index (χ0) is 11.5. The number of aromatic nitrogens is 5. The molecule has 0 spiro atoms. The summed E-state index contributed by atoms with van der Waals surface area (Å²) < 4.78 is 1.44. The predicted molar refractivity (Wildman–Crippen MR) is 57.0 cm³/mol. The number of aryl methyl sites for hydroxylation is 1. The van der Waals surface area contributed by atoms with Crippen molar-refractivity contribution < 1.29 is 0 Å². The lowest BCUT2D eigenvalue weighted by Crippen LogP contribution is -2.14. The van der Waals surface area contributed by atoms with Crippen LogP contribution in [0, 0.1) is 0 Å². The molecule has 2 heterocycles. The van der Waals surface area contributed by atoms with E-state index >= 15 is 0 Å². The molecule has 0 saturated heterocycles. The van der Waals surface area contributed by atoms with Gasteiger partial charge in [-0.1, -0.05) is 6.92 Å². The molecular formula is C9H12N6O. The topological polar surface area (TPSA) is 102 Å². The fraction of sp³-hybridized carbons (Fsp3) is 0.333. The minimum absolute atomic E-state index is 0.202. The number of nitrogens with zero attached hydrogens (tertiary/aromatic N) is 4. The zero-order valence-corrected chi connectivity index (χ0v) is 8.84. The second-order valence-corrected chi connectivity index (χ2v) is 3.21. The lowest BCUT2D eigenvalue weighted by Gasteiger charge is -2.00. The normalized spacial score (nSPS) is 10.6. The molecule has 0 aromatic carbocycles. The highest BCUT2D eigenvalue weighted by molar-refractivity contribution is 5.18. The van der Waals surface area contributed by atoms with Crippen LogP contribution in [0.2, 0.25) is 0 Å². The van der Waals surface area contributed by atoms with E-state index in [-0.39, 0.29) is 12.1 Å². The SMILES string of the molecule is CCc1nc(-n2cnc(CN)n2)cc(=O)[nH]1. The molecule has 2 aromatic rings. The summed E-state index contributed by atoms with van der Waals surface area (Å²) in [7, 11) is 0. The summed E-state index contributed by atoms with van der Waals surface area (Å²) >= 11 is 0. The van der Waals surface area contributed by atoms with Crippen molar-refractivity contribution >= 4 is 0 Å². The van der Waals surface area contributed by atoms with Crippen LogP contribution in [0.3, 0.4) is 0 Å². The third kappa shape index (κ3) is 1.98. The quantitative estimate of drug-likeness (QED) is 0.717. The van der Waals surface area contributed by atoms with Crippen molar-refractivity contribution in [2.45, 2.75) is 19.9 Å². The molecule has 84 valence electrons. The Morgan fingerprint density at radius 2 is 2.38 bits per heavy atom. The number of aromatic amines is 1. The molecule has 0 bridgehead atoms. The van der Waals surface area contributed by atoms with E-state index < -0.39 is 0 Å². The Morgan fingerprint density at radius 1 is 1.56 bits per heavy atom. The number of nitrogens with one attached hydrogen (secondary N) is 1. The van der Waals surface area contributed by atoms with E-state index in [0.717, 1.165) is 0 Å². The van der Waals surface area contributed by atoms with E-state index in [1.54, 1.807) is 0 Å². The van der Waals surface area contributed by atoms with Crippen molar-refractivity contribution in [3.05, 3.63) is 34.4 Å². The average Bonchev–Trinajstić information content (AvgIpc) is 2.76. The molecule has 0 atom stereocenters. The molecule has 3 N–H and O–H groups in total. The largest absolute Gasteiger partial charge is 0.324 e. The van der Waals surface area contributed by atoms with Crippen molar-refractivity contribution in [2.75, 3.05) is 0 Å². The van der Waals surface area contributed by atoms with Crippen molar-refractivity contribution in [3.63, 3.8) is 0 Å². The number of H-pyrrole nitrogens is 1. The molecule has 2 rings (SSSR count). The van der Waals surface area contributed by atoms with Crippen LogP contribution in [0.5, 0.6) is 0 Å². The van der Waals surface area contributed by atoms with Gasteiger partial charge in [0, 0.05) is 12.5 Å². The van der Waals surface area contributed by atoms with E-state index in [9.17, 15) is 4.79 Å². The van der Waals surface area contributed by atoms with Crippen LogP contribution >= 0.6 is 0 Å². The highest BCUT2D eigenvalue weighted by Gasteiger charge is 2.04. The Bertz CT molecular complexity index is 543. The van der Waals surface area contributed by atoms with Gasteiger partial charge in [-0.25, -0.2) is 14.6 Å². The van der Waals surface area contributed by atoms with Gasteiger partial charge in [-0.3, -0.25) is 4.79 Å². The Balaban J connectivity index is 2.46. The fourth-order valence-corrected chi connectivity index (χ4v) is 1.28. The lowest BCUT2D eigenvalue weighted by molar-refractivity contribution is 0.783. The van der Waals surface area contributed by atoms with Gasteiger partial charge in [0.15, 0.2) is 11.6 Å². The number of nitrogens with two attached hydrogens (primary N) is 1. The maximum Gasteiger partial charge on any atom is 0.253 e. The Hall–Kier alpha value is -2.02. The van der Waals surface area contributed by atoms with Gasteiger partial charge in [-0.2, -0.15) is 0 Å². The number of hydrogen-bond acceptors (Lipinski definition) is 5. The van der Waals surface area contributed by atoms with Crippen LogP contribution in [0.1, 0.15) is 18.6 Å². The summed E-state index contributed by atoms with van der Waals surface area (Å²) in [4.78, 5) is 22.2. The van der Waals surface area contributed by atoms with Crippen LogP contribution < -0.4 is 11.3 Å². The van der Waals surface area contributed by atoms with E-state index in [1.807, 2.05) is 6.92 Å². The van der Waals surface area contributed by atoms with Gasteiger partial charge in [-0.05, 0) is 0 Å².